The van der Waals surface area contributed by atoms with Gasteiger partial charge in [-0.25, -0.2) is 4.39 Å². The summed E-state index contributed by atoms with van der Waals surface area (Å²) in [6.45, 7) is 5.18. The fourth-order valence-corrected chi connectivity index (χ4v) is 4.47. The van der Waals surface area contributed by atoms with Crippen molar-refractivity contribution in [3.8, 4) is 0 Å². The average Bonchev–Trinajstić information content (AvgIpc) is 2.72. The zero-order chi connectivity index (χ0) is 14.7. The van der Waals surface area contributed by atoms with Gasteiger partial charge in [0.05, 0.1) is 9.83 Å². The molecule has 1 heterocycles. The molecule has 1 unspecified atom stereocenters. The Balaban J connectivity index is 2.41. The first-order chi connectivity index (χ1) is 9.52. The molecule has 1 nitrogen and oxygen atoms in total. The van der Waals surface area contributed by atoms with Gasteiger partial charge in [0.2, 0.25) is 0 Å². The SMILES string of the molecule is CCCNC(c1cc(C)c(Br)s1)c1ccc(F)cc1I. The highest BCUT2D eigenvalue weighted by molar-refractivity contribution is 14.1. The Morgan fingerprint density at radius 3 is 2.70 bits per heavy atom. The Hall–Kier alpha value is 0.0200. The molecule has 0 spiro atoms. The van der Waals surface area contributed by atoms with E-state index in [0.29, 0.717) is 0 Å². The second-order valence-electron chi connectivity index (χ2n) is 4.66. The van der Waals surface area contributed by atoms with Gasteiger partial charge in [-0.3, -0.25) is 0 Å². The minimum atomic E-state index is -0.184. The summed E-state index contributed by atoms with van der Waals surface area (Å²) in [6.07, 6.45) is 1.07. The van der Waals surface area contributed by atoms with Crippen molar-refractivity contribution in [1.82, 2.24) is 5.32 Å². The normalized spacial score (nSPS) is 12.7. The summed E-state index contributed by atoms with van der Waals surface area (Å²) in [7, 11) is 0. The first kappa shape index (κ1) is 16.4. The fraction of sp³-hybridized carbons (Fsp3) is 0.333. The van der Waals surface area contributed by atoms with E-state index in [1.165, 1.54) is 16.5 Å². The molecule has 0 amide bonds. The summed E-state index contributed by atoms with van der Waals surface area (Å²) < 4.78 is 15.4. The van der Waals surface area contributed by atoms with Gasteiger partial charge in [-0.2, -0.15) is 0 Å². The lowest BCUT2D eigenvalue weighted by atomic mass is 10.0. The number of aryl methyl sites for hydroxylation is 1. The van der Waals surface area contributed by atoms with Gasteiger partial charge in [-0.05, 0) is 87.7 Å². The van der Waals surface area contributed by atoms with E-state index in [1.807, 2.05) is 6.07 Å². The van der Waals surface area contributed by atoms with Crippen LogP contribution in [0.4, 0.5) is 4.39 Å². The second-order valence-corrected chi connectivity index (χ2v) is 8.22. The summed E-state index contributed by atoms with van der Waals surface area (Å²) in [5.41, 5.74) is 2.37. The number of thiophene rings is 1. The van der Waals surface area contributed by atoms with E-state index in [1.54, 1.807) is 17.4 Å². The van der Waals surface area contributed by atoms with E-state index >= 15 is 0 Å². The molecule has 1 aromatic heterocycles. The Bertz CT molecular complexity index is 580. The van der Waals surface area contributed by atoms with Crippen LogP contribution in [0.3, 0.4) is 0 Å². The van der Waals surface area contributed by atoms with Gasteiger partial charge in [0.15, 0.2) is 0 Å². The van der Waals surface area contributed by atoms with Gasteiger partial charge in [-0.1, -0.05) is 13.0 Å². The minimum absolute atomic E-state index is 0.123. The first-order valence-corrected chi connectivity index (χ1v) is 9.16. The number of halogens is 3. The maximum atomic E-state index is 13.3. The van der Waals surface area contributed by atoms with Crippen LogP contribution >= 0.6 is 49.9 Å². The van der Waals surface area contributed by atoms with Crippen LogP contribution in [0.25, 0.3) is 0 Å². The monoisotopic (exact) mass is 467 g/mol. The molecule has 2 aromatic rings. The predicted octanol–water partition coefficient (Wildman–Crippen LogP) is 5.65. The highest BCUT2D eigenvalue weighted by Gasteiger charge is 2.19. The Kier molecular flexibility index (Phi) is 6.01. The number of benzene rings is 1. The van der Waals surface area contributed by atoms with Crippen LogP contribution in [-0.2, 0) is 0 Å². The largest absolute Gasteiger partial charge is 0.306 e. The topological polar surface area (TPSA) is 12.0 Å². The Labute approximate surface area is 145 Å². The summed E-state index contributed by atoms with van der Waals surface area (Å²) in [6, 6.07) is 7.33. The second kappa shape index (κ2) is 7.33. The molecule has 0 aliphatic carbocycles. The molecule has 20 heavy (non-hydrogen) atoms. The number of nitrogens with one attached hydrogen (secondary N) is 1. The van der Waals surface area contributed by atoms with E-state index in [-0.39, 0.29) is 11.9 Å². The maximum absolute atomic E-state index is 13.3. The maximum Gasteiger partial charge on any atom is 0.124 e. The Morgan fingerprint density at radius 2 is 2.15 bits per heavy atom. The van der Waals surface area contributed by atoms with E-state index in [2.05, 4.69) is 63.8 Å². The molecule has 0 saturated heterocycles. The molecular weight excluding hydrogens is 452 g/mol. The molecule has 1 N–H and O–H groups in total. The molecular formula is C15H16BrFINS. The molecule has 0 saturated carbocycles. The van der Waals surface area contributed by atoms with Crippen molar-refractivity contribution in [3.63, 3.8) is 0 Å². The van der Waals surface area contributed by atoms with Crippen molar-refractivity contribution in [2.45, 2.75) is 26.3 Å². The standard InChI is InChI=1S/C15H16BrFINS/c1-3-6-19-14(13-7-9(2)15(16)20-13)11-5-4-10(17)8-12(11)18/h4-5,7-8,14,19H,3,6H2,1-2H3. The van der Waals surface area contributed by atoms with Crippen molar-refractivity contribution in [2.75, 3.05) is 6.54 Å². The van der Waals surface area contributed by atoms with Crippen molar-refractivity contribution in [3.05, 3.63) is 53.4 Å². The zero-order valence-electron chi connectivity index (χ0n) is 11.3. The van der Waals surface area contributed by atoms with Crippen LogP contribution < -0.4 is 5.32 Å². The van der Waals surface area contributed by atoms with Gasteiger partial charge < -0.3 is 5.32 Å². The number of rotatable bonds is 5. The van der Waals surface area contributed by atoms with Crippen molar-refractivity contribution in [1.29, 1.82) is 0 Å². The van der Waals surface area contributed by atoms with E-state index in [0.717, 1.165) is 25.9 Å². The average molecular weight is 468 g/mol. The van der Waals surface area contributed by atoms with Gasteiger partial charge in [0.25, 0.3) is 0 Å². The predicted molar refractivity (Wildman–Crippen MR) is 96.0 cm³/mol. The van der Waals surface area contributed by atoms with Crippen LogP contribution in [0.1, 0.15) is 35.4 Å². The van der Waals surface area contributed by atoms with Crippen LogP contribution in [0.5, 0.6) is 0 Å². The molecule has 5 heteroatoms. The minimum Gasteiger partial charge on any atom is -0.306 e. The highest BCUT2D eigenvalue weighted by Crippen LogP contribution is 2.35. The molecule has 0 bridgehead atoms. The Morgan fingerprint density at radius 1 is 1.40 bits per heavy atom. The molecule has 2 rings (SSSR count). The lowest BCUT2D eigenvalue weighted by Crippen LogP contribution is -2.23. The molecule has 0 aliphatic rings. The highest BCUT2D eigenvalue weighted by atomic mass is 127. The van der Waals surface area contributed by atoms with Gasteiger partial charge in [0.1, 0.15) is 5.82 Å². The quantitative estimate of drug-likeness (QED) is 0.560. The lowest BCUT2D eigenvalue weighted by Gasteiger charge is -2.19. The summed E-state index contributed by atoms with van der Waals surface area (Å²) >= 11 is 7.53. The van der Waals surface area contributed by atoms with Crippen molar-refractivity contribution in [2.24, 2.45) is 0 Å². The molecule has 108 valence electrons. The van der Waals surface area contributed by atoms with E-state index in [9.17, 15) is 4.39 Å². The molecule has 0 fully saturated rings. The fourth-order valence-electron chi connectivity index (χ4n) is 2.01. The number of hydrogen-bond donors (Lipinski definition) is 1. The molecule has 0 radical (unpaired) electrons. The van der Waals surface area contributed by atoms with Crippen LogP contribution in [0.15, 0.2) is 28.1 Å². The van der Waals surface area contributed by atoms with Gasteiger partial charge in [0, 0.05) is 8.45 Å². The summed E-state index contributed by atoms with van der Waals surface area (Å²) in [4.78, 5) is 1.26. The van der Waals surface area contributed by atoms with Crippen LogP contribution in [-0.4, -0.2) is 6.54 Å². The van der Waals surface area contributed by atoms with Gasteiger partial charge in [-0.15, -0.1) is 11.3 Å². The first-order valence-electron chi connectivity index (χ1n) is 6.47. The zero-order valence-corrected chi connectivity index (χ0v) is 15.9. The smallest absolute Gasteiger partial charge is 0.124 e. The van der Waals surface area contributed by atoms with E-state index in [4.69, 9.17) is 0 Å². The third-order valence-corrected chi connectivity index (χ3v) is 6.17. The third kappa shape index (κ3) is 3.81. The van der Waals surface area contributed by atoms with E-state index < -0.39 is 0 Å². The molecule has 1 aromatic carbocycles. The third-order valence-electron chi connectivity index (χ3n) is 3.03. The van der Waals surface area contributed by atoms with Crippen molar-refractivity contribution >= 4 is 49.9 Å². The molecule has 1 atom stereocenters. The van der Waals surface area contributed by atoms with Gasteiger partial charge >= 0.3 is 0 Å². The molecule has 0 aliphatic heterocycles. The number of hydrogen-bond acceptors (Lipinski definition) is 2. The van der Waals surface area contributed by atoms with Crippen molar-refractivity contribution < 1.29 is 4.39 Å². The van der Waals surface area contributed by atoms with Crippen LogP contribution in [0.2, 0.25) is 0 Å². The van der Waals surface area contributed by atoms with Crippen LogP contribution in [0, 0.1) is 16.3 Å². The lowest BCUT2D eigenvalue weighted by molar-refractivity contribution is 0.596. The summed E-state index contributed by atoms with van der Waals surface area (Å²) in [5.74, 6) is -0.184. The summed E-state index contributed by atoms with van der Waals surface area (Å²) in [5, 5.41) is 3.57.